The molecule has 11 heteroatoms. The first kappa shape index (κ1) is 22.1. The fourth-order valence-corrected chi connectivity index (χ4v) is 4.67. The zero-order valence-electron chi connectivity index (χ0n) is 16.9. The van der Waals surface area contributed by atoms with Crippen LogP contribution < -0.4 is 5.32 Å². The number of halogens is 1. The number of rotatable bonds is 7. The summed E-state index contributed by atoms with van der Waals surface area (Å²) in [6.07, 6.45) is 1.53. The predicted molar refractivity (Wildman–Crippen MR) is 122 cm³/mol. The zero-order valence-corrected chi connectivity index (χ0v) is 19.3. The molecule has 0 saturated heterocycles. The summed E-state index contributed by atoms with van der Waals surface area (Å²) >= 11 is 8.59. The van der Waals surface area contributed by atoms with Crippen molar-refractivity contribution < 1.29 is 23.2 Å². The second kappa shape index (κ2) is 9.60. The number of carbonyl (C=O) groups excluding carboxylic acids is 2. The molecule has 4 rings (SSSR count). The number of thioether (sulfide) groups is 1. The topological polar surface area (TPSA) is 107 Å². The number of ether oxygens (including phenoxy) is 1. The molecular weight excluding hydrogens is 474 g/mol. The molecule has 164 valence electrons. The normalized spacial score (nSPS) is 10.8. The molecular formula is C21H16ClN3O5S2. The van der Waals surface area contributed by atoms with Crippen molar-refractivity contribution in [1.82, 2.24) is 10.2 Å². The van der Waals surface area contributed by atoms with Crippen molar-refractivity contribution in [3.8, 4) is 22.6 Å². The largest absolute Gasteiger partial charge is 0.469 e. The third-order valence-corrected chi connectivity index (χ3v) is 6.46. The number of hydrogen-bond donors (Lipinski definition) is 1. The summed E-state index contributed by atoms with van der Waals surface area (Å²) in [5, 5.41) is 13.5. The van der Waals surface area contributed by atoms with E-state index in [9.17, 15) is 9.59 Å². The van der Waals surface area contributed by atoms with Gasteiger partial charge < -0.3 is 18.9 Å². The van der Waals surface area contributed by atoms with Gasteiger partial charge in [-0.15, -0.1) is 21.5 Å². The van der Waals surface area contributed by atoms with Crippen LogP contribution in [0.1, 0.15) is 16.1 Å². The number of methoxy groups -OCH3 is 1. The van der Waals surface area contributed by atoms with Crippen LogP contribution in [0.15, 0.2) is 56.0 Å². The first-order valence-electron chi connectivity index (χ1n) is 9.23. The molecule has 0 aliphatic carbocycles. The molecule has 0 bridgehead atoms. The van der Waals surface area contributed by atoms with Gasteiger partial charge in [0.15, 0.2) is 0 Å². The minimum absolute atomic E-state index is 0.00589. The van der Waals surface area contributed by atoms with Gasteiger partial charge in [-0.3, -0.25) is 4.79 Å². The van der Waals surface area contributed by atoms with Gasteiger partial charge in [-0.05, 0) is 19.1 Å². The van der Waals surface area contributed by atoms with Crippen LogP contribution in [0.5, 0.6) is 0 Å². The first-order valence-corrected chi connectivity index (χ1v) is 11.5. The Bertz CT molecular complexity index is 1280. The molecule has 0 fully saturated rings. The molecule has 0 aliphatic heterocycles. The van der Waals surface area contributed by atoms with Crippen LogP contribution in [0.25, 0.3) is 22.6 Å². The summed E-state index contributed by atoms with van der Waals surface area (Å²) in [6, 6.07) is 8.87. The highest BCUT2D eigenvalue weighted by atomic mass is 35.5. The van der Waals surface area contributed by atoms with E-state index in [0.29, 0.717) is 38.4 Å². The van der Waals surface area contributed by atoms with E-state index in [-0.39, 0.29) is 22.4 Å². The number of aromatic nitrogens is 2. The average Bonchev–Trinajstić information content (AvgIpc) is 3.52. The first-order chi connectivity index (χ1) is 15.5. The van der Waals surface area contributed by atoms with E-state index in [1.165, 1.54) is 24.7 Å². The lowest BCUT2D eigenvalue weighted by Crippen LogP contribution is -2.16. The van der Waals surface area contributed by atoms with Crippen LogP contribution in [0.3, 0.4) is 0 Å². The van der Waals surface area contributed by atoms with Gasteiger partial charge in [-0.1, -0.05) is 41.6 Å². The Morgan fingerprint density at radius 2 is 2.00 bits per heavy atom. The van der Waals surface area contributed by atoms with Crippen molar-refractivity contribution in [1.29, 1.82) is 0 Å². The van der Waals surface area contributed by atoms with Gasteiger partial charge >= 0.3 is 5.97 Å². The molecule has 1 N–H and O–H groups in total. The molecule has 32 heavy (non-hydrogen) atoms. The smallest absolute Gasteiger partial charge is 0.341 e. The number of thiophene rings is 1. The van der Waals surface area contributed by atoms with Crippen molar-refractivity contribution in [3.05, 3.63) is 58.3 Å². The van der Waals surface area contributed by atoms with E-state index >= 15 is 0 Å². The van der Waals surface area contributed by atoms with E-state index < -0.39 is 5.97 Å². The Morgan fingerprint density at radius 1 is 1.19 bits per heavy atom. The fraction of sp³-hybridized carbons (Fsp3) is 0.143. The third kappa shape index (κ3) is 4.57. The minimum Gasteiger partial charge on any atom is -0.469 e. The third-order valence-electron chi connectivity index (χ3n) is 4.42. The highest BCUT2D eigenvalue weighted by Gasteiger charge is 2.23. The van der Waals surface area contributed by atoms with Crippen LogP contribution in [-0.2, 0) is 9.53 Å². The van der Waals surface area contributed by atoms with E-state index in [0.717, 1.165) is 11.8 Å². The maximum Gasteiger partial charge on any atom is 0.341 e. The summed E-state index contributed by atoms with van der Waals surface area (Å²) in [5.41, 5.74) is 2.21. The Labute approximate surface area is 195 Å². The molecule has 0 spiro atoms. The van der Waals surface area contributed by atoms with Gasteiger partial charge in [0.1, 0.15) is 16.3 Å². The van der Waals surface area contributed by atoms with Crippen LogP contribution >= 0.6 is 34.7 Å². The van der Waals surface area contributed by atoms with E-state index in [2.05, 4.69) is 15.5 Å². The zero-order chi connectivity index (χ0) is 22.7. The maximum atomic E-state index is 12.5. The molecule has 0 radical (unpaired) electrons. The number of furan rings is 1. The molecule has 0 unspecified atom stereocenters. The van der Waals surface area contributed by atoms with E-state index in [1.807, 2.05) is 6.07 Å². The summed E-state index contributed by atoms with van der Waals surface area (Å²) in [6.45, 7) is 1.79. The monoisotopic (exact) mass is 489 g/mol. The van der Waals surface area contributed by atoms with Gasteiger partial charge in [0, 0.05) is 21.5 Å². The van der Waals surface area contributed by atoms with Gasteiger partial charge in [-0.2, -0.15) is 0 Å². The molecule has 3 heterocycles. The molecule has 8 nitrogen and oxygen atoms in total. The van der Waals surface area contributed by atoms with Crippen LogP contribution in [0.2, 0.25) is 5.02 Å². The van der Waals surface area contributed by atoms with Crippen LogP contribution in [-0.4, -0.2) is 34.9 Å². The number of nitrogens with zero attached hydrogens (tertiary/aromatic N) is 2. The number of aryl methyl sites for hydroxylation is 1. The minimum atomic E-state index is -0.568. The van der Waals surface area contributed by atoms with Crippen LogP contribution in [0, 0.1) is 6.92 Å². The molecule has 1 amide bonds. The number of anilines is 1. The molecule has 4 aromatic rings. The lowest BCUT2D eigenvalue weighted by molar-refractivity contribution is -0.113. The molecule has 3 aromatic heterocycles. The highest BCUT2D eigenvalue weighted by molar-refractivity contribution is 7.99. The number of amides is 1. The van der Waals surface area contributed by atoms with E-state index in [1.54, 1.807) is 36.6 Å². The SMILES string of the molecule is COC(=O)c1c(-c2ccccc2Cl)csc1NC(=O)CSc1nnc(-c2ccoc2C)o1. The predicted octanol–water partition coefficient (Wildman–Crippen LogP) is 5.54. The van der Waals surface area contributed by atoms with Crippen molar-refractivity contribution in [2.24, 2.45) is 0 Å². The Hall–Kier alpha value is -3.08. The Morgan fingerprint density at radius 3 is 2.72 bits per heavy atom. The second-order valence-electron chi connectivity index (χ2n) is 6.43. The van der Waals surface area contributed by atoms with Gasteiger partial charge in [-0.25, -0.2) is 4.79 Å². The molecule has 0 saturated carbocycles. The maximum absolute atomic E-state index is 12.5. The number of benzene rings is 1. The van der Waals surface area contributed by atoms with Gasteiger partial charge in [0.25, 0.3) is 11.1 Å². The number of esters is 1. The standard InChI is InChI=1S/C21H16ClN3O5S2/c1-11-12(7-8-29-11)18-24-25-21(30-18)32-10-16(26)23-19-17(20(27)28-2)14(9-31-19)13-5-3-4-6-15(13)22/h3-9H,10H2,1-2H3,(H,23,26). The lowest BCUT2D eigenvalue weighted by Gasteiger charge is -2.08. The van der Waals surface area contributed by atoms with Crippen molar-refractivity contribution in [2.45, 2.75) is 12.1 Å². The number of nitrogens with one attached hydrogen (secondary N) is 1. The van der Waals surface area contributed by atoms with Crippen LogP contribution in [0.4, 0.5) is 5.00 Å². The van der Waals surface area contributed by atoms with Crippen molar-refractivity contribution in [3.63, 3.8) is 0 Å². The fourth-order valence-electron chi connectivity index (χ4n) is 2.91. The summed E-state index contributed by atoms with van der Waals surface area (Å²) in [7, 11) is 1.28. The summed E-state index contributed by atoms with van der Waals surface area (Å²) < 4.78 is 15.7. The Kier molecular flexibility index (Phi) is 6.63. The summed E-state index contributed by atoms with van der Waals surface area (Å²) in [4.78, 5) is 25.0. The van der Waals surface area contributed by atoms with Crippen molar-refractivity contribution in [2.75, 3.05) is 18.2 Å². The Balaban J connectivity index is 1.48. The van der Waals surface area contributed by atoms with Gasteiger partial charge in [0.2, 0.25) is 5.91 Å². The highest BCUT2D eigenvalue weighted by Crippen LogP contribution is 2.39. The lowest BCUT2D eigenvalue weighted by atomic mass is 10.0. The number of carbonyl (C=O) groups is 2. The quantitative estimate of drug-likeness (QED) is 0.266. The average molecular weight is 490 g/mol. The summed E-state index contributed by atoms with van der Waals surface area (Å²) in [5.74, 6) is 0.0690. The van der Waals surface area contributed by atoms with Gasteiger partial charge in [0.05, 0.1) is 24.7 Å². The molecule has 1 aromatic carbocycles. The van der Waals surface area contributed by atoms with Crippen molar-refractivity contribution >= 4 is 51.6 Å². The second-order valence-corrected chi connectivity index (χ2v) is 8.64. The number of hydrogen-bond acceptors (Lipinski definition) is 9. The molecule has 0 aliphatic rings. The van der Waals surface area contributed by atoms with E-state index in [4.69, 9.17) is 25.2 Å². The molecule has 0 atom stereocenters.